The average molecular weight is 543 g/mol. The number of carbonyl (C=O) groups is 1. The number of nitrogens with one attached hydrogen (secondary N) is 1. The molecule has 1 unspecified atom stereocenters. The van der Waals surface area contributed by atoms with Gasteiger partial charge in [-0.2, -0.15) is 11.3 Å². The molecule has 188 valence electrons. The molecule has 0 radical (unpaired) electrons. The first-order valence-corrected chi connectivity index (χ1v) is 14.0. The van der Waals surface area contributed by atoms with E-state index in [1.807, 2.05) is 53.2 Å². The number of aliphatic hydroxyl groups is 1. The zero-order chi connectivity index (χ0) is 25.1. The molecule has 9 heteroatoms. The first kappa shape index (κ1) is 25.1. The zero-order valence-corrected chi connectivity index (χ0v) is 22.2. The van der Waals surface area contributed by atoms with Gasteiger partial charge in [0.1, 0.15) is 22.3 Å². The van der Waals surface area contributed by atoms with Gasteiger partial charge in [-0.05, 0) is 66.3 Å². The van der Waals surface area contributed by atoms with E-state index in [1.54, 1.807) is 13.2 Å². The van der Waals surface area contributed by atoms with Gasteiger partial charge in [0, 0.05) is 24.5 Å². The number of ether oxygens (including phenoxy) is 2. The Kier molecular flexibility index (Phi) is 7.57. The molecule has 5 rings (SSSR count). The quantitative estimate of drug-likeness (QED) is 0.357. The Morgan fingerprint density at radius 1 is 1.11 bits per heavy atom. The van der Waals surface area contributed by atoms with Crippen LogP contribution in [0.1, 0.15) is 43.4 Å². The normalized spacial score (nSPS) is 24.4. The minimum atomic E-state index is -1.02. The van der Waals surface area contributed by atoms with E-state index >= 15 is 0 Å². The summed E-state index contributed by atoms with van der Waals surface area (Å²) in [5.74, 6) is 0.138. The first-order valence-electron chi connectivity index (χ1n) is 11.8. The van der Waals surface area contributed by atoms with Crippen LogP contribution in [0.25, 0.3) is 0 Å². The largest absolute Gasteiger partial charge is 0.511 e. The van der Waals surface area contributed by atoms with Crippen LogP contribution in [0, 0.1) is 0 Å². The van der Waals surface area contributed by atoms with E-state index in [2.05, 4.69) is 5.32 Å². The van der Waals surface area contributed by atoms with Crippen molar-refractivity contribution in [2.75, 3.05) is 7.11 Å². The summed E-state index contributed by atoms with van der Waals surface area (Å²) >= 11 is 8.99. The molecule has 1 fully saturated rings. The number of thiophene rings is 1. The Labute approximate surface area is 223 Å². The van der Waals surface area contributed by atoms with Crippen molar-refractivity contribution >= 4 is 40.6 Å². The summed E-state index contributed by atoms with van der Waals surface area (Å²) in [4.78, 5) is 19.2. The lowest BCUT2D eigenvalue weighted by atomic mass is 9.82. The van der Waals surface area contributed by atoms with Crippen LogP contribution in [0.3, 0.4) is 0 Å². The summed E-state index contributed by atoms with van der Waals surface area (Å²) in [5.41, 5.74) is 0.462. The van der Waals surface area contributed by atoms with Crippen LogP contribution in [-0.4, -0.2) is 35.3 Å². The van der Waals surface area contributed by atoms with Crippen LogP contribution in [-0.2, 0) is 15.1 Å². The molecular formula is C27H27ClN2O4S2. The second-order valence-electron chi connectivity index (χ2n) is 8.97. The summed E-state index contributed by atoms with van der Waals surface area (Å²) in [6, 6.07) is 14.8. The third-order valence-electron chi connectivity index (χ3n) is 6.69. The van der Waals surface area contributed by atoms with E-state index in [4.69, 9.17) is 26.1 Å². The Hall–Kier alpha value is -2.52. The highest BCUT2D eigenvalue weighted by molar-refractivity contribution is 8.04. The fourth-order valence-electron chi connectivity index (χ4n) is 4.76. The van der Waals surface area contributed by atoms with Crippen molar-refractivity contribution in [3.05, 3.63) is 86.2 Å². The predicted octanol–water partition coefficient (Wildman–Crippen LogP) is 6.46. The predicted molar refractivity (Wildman–Crippen MR) is 143 cm³/mol. The molecule has 2 aromatic heterocycles. The number of methoxy groups -OCH3 is 1. The van der Waals surface area contributed by atoms with E-state index in [-0.39, 0.29) is 35.2 Å². The number of amides is 1. The summed E-state index contributed by atoms with van der Waals surface area (Å²) in [6.45, 7) is 0. The fraction of sp³-hybridized carbons (Fsp3) is 0.333. The van der Waals surface area contributed by atoms with E-state index in [9.17, 15) is 9.90 Å². The summed E-state index contributed by atoms with van der Waals surface area (Å²) in [5, 5.41) is 18.8. The molecule has 1 atom stereocenters. The van der Waals surface area contributed by atoms with E-state index in [0.29, 0.717) is 21.5 Å². The Morgan fingerprint density at radius 3 is 2.58 bits per heavy atom. The van der Waals surface area contributed by atoms with Gasteiger partial charge >= 0.3 is 0 Å². The Bertz CT molecular complexity index is 1260. The van der Waals surface area contributed by atoms with E-state index in [1.165, 1.54) is 11.3 Å². The van der Waals surface area contributed by atoms with Gasteiger partial charge < -0.3 is 19.9 Å². The summed E-state index contributed by atoms with van der Waals surface area (Å²) in [6.07, 6.45) is 4.25. The smallest absolute Gasteiger partial charge is 0.262 e. The van der Waals surface area contributed by atoms with Crippen LogP contribution in [0.2, 0.25) is 5.02 Å². The van der Waals surface area contributed by atoms with Crippen LogP contribution >= 0.6 is 34.7 Å². The topological polar surface area (TPSA) is 80.7 Å². The number of nitrogens with zero attached hydrogens (tertiary/aromatic N) is 1. The number of pyridine rings is 1. The van der Waals surface area contributed by atoms with Crippen molar-refractivity contribution in [2.45, 2.75) is 54.7 Å². The minimum absolute atomic E-state index is 0.000814. The molecule has 1 aromatic carbocycles. The van der Waals surface area contributed by atoms with Crippen LogP contribution in [0.5, 0.6) is 5.88 Å². The molecule has 1 aliphatic carbocycles. The van der Waals surface area contributed by atoms with Crippen molar-refractivity contribution in [3.8, 4) is 5.88 Å². The van der Waals surface area contributed by atoms with Gasteiger partial charge in [0.15, 0.2) is 0 Å². The molecule has 1 aliphatic heterocycles. The highest BCUT2D eigenvalue weighted by atomic mass is 35.5. The number of hydrogen-bond acceptors (Lipinski definition) is 7. The lowest BCUT2D eigenvalue weighted by Gasteiger charge is -2.38. The number of carbonyl (C=O) groups excluding carboxylic acids is 1. The van der Waals surface area contributed by atoms with Crippen molar-refractivity contribution in [1.29, 1.82) is 0 Å². The molecule has 36 heavy (non-hydrogen) atoms. The molecule has 2 N–H and O–H groups in total. The molecule has 0 spiro atoms. The molecule has 1 saturated carbocycles. The highest BCUT2D eigenvalue weighted by Gasteiger charge is 2.44. The number of halogens is 1. The number of benzene rings is 1. The second-order valence-corrected chi connectivity index (χ2v) is 11.2. The maximum atomic E-state index is 13.4. The van der Waals surface area contributed by atoms with E-state index < -0.39 is 5.54 Å². The number of aliphatic hydroxyl groups excluding tert-OH is 1. The average Bonchev–Trinajstić information content (AvgIpc) is 3.44. The van der Waals surface area contributed by atoms with Gasteiger partial charge in [-0.1, -0.05) is 41.6 Å². The molecule has 2 aliphatic rings. The van der Waals surface area contributed by atoms with Gasteiger partial charge in [-0.3, -0.25) is 4.79 Å². The Morgan fingerprint density at radius 2 is 1.89 bits per heavy atom. The number of hydrogen-bond donors (Lipinski definition) is 2. The highest BCUT2D eigenvalue weighted by Crippen LogP contribution is 2.44. The number of thioether (sulfide) groups is 1. The lowest BCUT2D eigenvalue weighted by molar-refractivity contribution is -0.119. The SMILES string of the molecule is COC1CCC(Oc2cccc(C3(c4ccsc4)CC(O)=C(Sc4ccccc4Cl)C(=O)N3)n2)CC1. The first-order chi connectivity index (χ1) is 17.5. The maximum absolute atomic E-state index is 13.4. The van der Waals surface area contributed by atoms with Gasteiger partial charge in [0.25, 0.3) is 5.91 Å². The number of rotatable bonds is 7. The van der Waals surface area contributed by atoms with E-state index in [0.717, 1.165) is 43.0 Å². The summed E-state index contributed by atoms with van der Waals surface area (Å²) in [7, 11) is 1.75. The van der Waals surface area contributed by atoms with Crippen LogP contribution in [0.4, 0.5) is 0 Å². The van der Waals surface area contributed by atoms with Crippen molar-refractivity contribution < 1.29 is 19.4 Å². The van der Waals surface area contributed by atoms with Crippen molar-refractivity contribution in [1.82, 2.24) is 10.3 Å². The molecule has 0 saturated heterocycles. The fourth-order valence-corrected chi connectivity index (χ4v) is 6.61. The van der Waals surface area contributed by atoms with Gasteiger partial charge in [-0.15, -0.1) is 0 Å². The minimum Gasteiger partial charge on any atom is -0.511 e. The van der Waals surface area contributed by atoms with Gasteiger partial charge in [-0.25, -0.2) is 4.98 Å². The molecular weight excluding hydrogens is 516 g/mol. The monoisotopic (exact) mass is 542 g/mol. The standard InChI is InChI=1S/C27H27ClN2O4S2/c1-33-18-9-11-19(12-10-18)34-24-8-4-7-23(29-24)27(17-13-14-35-16-17)15-21(31)25(26(32)30-27)36-22-6-3-2-5-20(22)28/h2-8,13-14,16,18-19,31H,9-12,15H2,1H3,(H,30,32). The molecule has 0 bridgehead atoms. The second kappa shape index (κ2) is 10.8. The maximum Gasteiger partial charge on any atom is 0.262 e. The van der Waals surface area contributed by atoms with Gasteiger partial charge in [0.05, 0.1) is 16.8 Å². The van der Waals surface area contributed by atoms with Crippen molar-refractivity contribution in [2.24, 2.45) is 0 Å². The molecule has 3 aromatic rings. The zero-order valence-electron chi connectivity index (χ0n) is 19.8. The van der Waals surface area contributed by atoms with Crippen molar-refractivity contribution in [3.63, 3.8) is 0 Å². The summed E-state index contributed by atoms with van der Waals surface area (Å²) < 4.78 is 11.7. The molecule has 1 amide bonds. The molecule has 6 nitrogen and oxygen atoms in total. The van der Waals surface area contributed by atoms with Crippen LogP contribution in [0.15, 0.2) is 74.9 Å². The third kappa shape index (κ3) is 5.13. The van der Waals surface area contributed by atoms with Gasteiger partial charge in [0.2, 0.25) is 5.88 Å². The third-order valence-corrected chi connectivity index (χ3v) is 9.02. The van der Waals surface area contributed by atoms with Crippen LogP contribution < -0.4 is 10.1 Å². The lowest BCUT2D eigenvalue weighted by Crippen LogP contribution is -2.50. The number of aromatic nitrogens is 1. The Balaban J connectivity index is 1.45. The molecule has 3 heterocycles.